The summed E-state index contributed by atoms with van der Waals surface area (Å²) in [5, 5.41) is 4.19. The summed E-state index contributed by atoms with van der Waals surface area (Å²) >= 11 is 3.36. The number of carbonyl (C=O) groups excluding carboxylic acids is 1. The van der Waals surface area contributed by atoms with Gasteiger partial charge in [-0.2, -0.15) is 5.10 Å². The van der Waals surface area contributed by atoms with Crippen LogP contribution in [0.3, 0.4) is 0 Å². The Morgan fingerprint density at radius 2 is 2.40 bits per heavy atom. The van der Waals surface area contributed by atoms with Crippen molar-refractivity contribution >= 4 is 27.5 Å². The Kier molecular flexibility index (Phi) is 5.59. The van der Waals surface area contributed by atoms with Crippen molar-refractivity contribution in [3.63, 3.8) is 0 Å². The maximum Gasteiger partial charge on any atom is 0.277 e. The first kappa shape index (κ1) is 15.0. The molecule has 1 aromatic carbocycles. The molecule has 2 rings (SSSR count). The fraction of sp³-hybridized carbons (Fsp3) is 0.467. The minimum Gasteiger partial charge on any atom is -0.484 e. The van der Waals surface area contributed by atoms with Gasteiger partial charge in [-0.1, -0.05) is 28.9 Å². The second kappa shape index (κ2) is 7.43. The third-order valence-electron chi connectivity index (χ3n) is 3.25. The van der Waals surface area contributed by atoms with Crippen molar-refractivity contribution in [3.05, 3.63) is 28.7 Å². The Labute approximate surface area is 127 Å². The van der Waals surface area contributed by atoms with Crippen LogP contribution >= 0.6 is 15.9 Å². The van der Waals surface area contributed by atoms with Crippen LogP contribution in [-0.4, -0.2) is 18.2 Å². The van der Waals surface area contributed by atoms with Crippen LogP contribution in [0.1, 0.15) is 32.6 Å². The molecule has 20 heavy (non-hydrogen) atoms. The standard InChI is InChI=1S/C15H19BrN2O2/c1-11-4-2-6-13(8-11)17-18-15(19)10-20-14-7-3-5-12(16)9-14/h3,5,7,9,11H,2,4,6,8,10H2,1H3,(H,18,19)/b17-13-/t11-/m1/s1. The third-order valence-corrected chi connectivity index (χ3v) is 3.74. The number of nitrogens with one attached hydrogen (secondary N) is 1. The number of nitrogens with zero attached hydrogens (tertiary/aromatic N) is 1. The Balaban J connectivity index is 1.76. The van der Waals surface area contributed by atoms with Gasteiger partial charge >= 0.3 is 0 Å². The molecule has 0 saturated heterocycles. The topological polar surface area (TPSA) is 50.7 Å². The molecule has 1 aliphatic rings. The Morgan fingerprint density at radius 1 is 1.55 bits per heavy atom. The second-order valence-corrected chi connectivity index (χ2v) is 6.08. The van der Waals surface area contributed by atoms with Crippen LogP contribution in [0, 0.1) is 5.92 Å². The quantitative estimate of drug-likeness (QED) is 0.854. The van der Waals surface area contributed by atoms with Crippen LogP contribution in [-0.2, 0) is 4.79 Å². The Hall–Kier alpha value is -1.36. The number of carbonyl (C=O) groups is 1. The fourth-order valence-corrected chi connectivity index (χ4v) is 2.62. The molecule has 1 saturated carbocycles. The zero-order valence-corrected chi connectivity index (χ0v) is 13.1. The largest absolute Gasteiger partial charge is 0.484 e. The van der Waals surface area contributed by atoms with Gasteiger partial charge in [0.25, 0.3) is 5.91 Å². The summed E-state index contributed by atoms with van der Waals surface area (Å²) in [6.45, 7) is 2.19. The van der Waals surface area contributed by atoms with Crippen molar-refractivity contribution in [2.75, 3.05) is 6.61 Å². The van der Waals surface area contributed by atoms with Gasteiger partial charge in [-0.25, -0.2) is 5.43 Å². The first-order chi connectivity index (χ1) is 9.63. The summed E-state index contributed by atoms with van der Waals surface area (Å²) in [6, 6.07) is 7.40. The molecule has 108 valence electrons. The predicted molar refractivity (Wildman–Crippen MR) is 82.8 cm³/mol. The number of hydrazone groups is 1. The van der Waals surface area contributed by atoms with Crippen molar-refractivity contribution in [2.24, 2.45) is 11.0 Å². The van der Waals surface area contributed by atoms with Crippen molar-refractivity contribution in [1.82, 2.24) is 5.43 Å². The predicted octanol–water partition coefficient (Wildman–Crippen LogP) is 3.51. The average molecular weight is 339 g/mol. The molecule has 0 bridgehead atoms. The van der Waals surface area contributed by atoms with E-state index in [1.54, 1.807) is 0 Å². The highest BCUT2D eigenvalue weighted by atomic mass is 79.9. The van der Waals surface area contributed by atoms with Crippen LogP contribution in [0.4, 0.5) is 0 Å². The second-order valence-electron chi connectivity index (χ2n) is 5.16. The number of amides is 1. The number of hydrogen-bond donors (Lipinski definition) is 1. The molecule has 4 nitrogen and oxygen atoms in total. The van der Waals surface area contributed by atoms with Crippen LogP contribution in [0.25, 0.3) is 0 Å². The van der Waals surface area contributed by atoms with E-state index in [-0.39, 0.29) is 12.5 Å². The van der Waals surface area contributed by atoms with Gasteiger partial charge < -0.3 is 4.74 Å². The lowest BCUT2D eigenvalue weighted by Gasteiger charge is -2.18. The molecule has 0 aromatic heterocycles. The minimum absolute atomic E-state index is 0.0250. The number of hydrogen-bond acceptors (Lipinski definition) is 3. The number of halogens is 1. The molecule has 1 atom stereocenters. The van der Waals surface area contributed by atoms with Gasteiger partial charge in [0, 0.05) is 10.2 Å². The zero-order valence-electron chi connectivity index (χ0n) is 11.6. The van der Waals surface area contributed by atoms with Crippen molar-refractivity contribution in [3.8, 4) is 5.75 Å². The van der Waals surface area contributed by atoms with E-state index < -0.39 is 0 Å². The number of benzene rings is 1. The van der Waals surface area contributed by atoms with Crippen LogP contribution in [0.15, 0.2) is 33.8 Å². The average Bonchev–Trinajstić information content (AvgIpc) is 2.43. The zero-order chi connectivity index (χ0) is 14.4. The highest BCUT2D eigenvalue weighted by Gasteiger charge is 2.14. The Bertz CT molecular complexity index is 502. The molecule has 1 fully saturated rings. The van der Waals surface area contributed by atoms with E-state index in [0.29, 0.717) is 11.7 Å². The van der Waals surface area contributed by atoms with Crippen LogP contribution < -0.4 is 10.2 Å². The van der Waals surface area contributed by atoms with Gasteiger partial charge in [0.05, 0.1) is 0 Å². The summed E-state index contributed by atoms with van der Waals surface area (Å²) < 4.78 is 6.32. The van der Waals surface area contributed by atoms with Gasteiger partial charge in [-0.15, -0.1) is 0 Å². The summed E-state index contributed by atoms with van der Waals surface area (Å²) in [4.78, 5) is 11.7. The maximum atomic E-state index is 11.7. The van der Waals surface area contributed by atoms with Gasteiger partial charge in [0.15, 0.2) is 6.61 Å². The SMILES string of the molecule is C[C@@H]1CCC/C(=N/NC(=O)COc2cccc(Br)c2)C1. The fourth-order valence-electron chi connectivity index (χ4n) is 2.24. The van der Waals surface area contributed by atoms with Crippen molar-refractivity contribution in [1.29, 1.82) is 0 Å². The molecular weight excluding hydrogens is 320 g/mol. The molecule has 1 aliphatic carbocycles. The molecule has 0 aliphatic heterocycles. The number of ether oxygens (including phenoxy) is 1. The molecule has 5 heteroatoms. The van der Waals surface area contributed by atoms with E-state index in [0.717, 1.165) is 29.4 Å². The van der Waals surface area contributed by atoms with Crippen molar-refractivity contribution in [2.45, 2.75) is 32.6 Å². The highest BCUT2D eigenvalue weighted by molar-refractivity contribution is 9.10. The molecule has 0 radical (unpaired) electrons. The summed E-state index contributed by atoms with van der Waals surface area (Å²) in [5.74, 6) is 1.10. The first-order valence-corrected chi connectivity index (χ1v) is 7.65. The van der Waals surface area contributed by atoms with E-state index in [4.69, 9.17) is 4.74 Å². The first-order valence-electron chi connectivity index (χ1n) is 6.86. The van der Waals surface area contributed by atoms with Crippen molar-refractivity contribution < 1.29 is 9.53 Å². The minimum atomic E-state index is -0.226. The normalized spacial score (nSPS) is 20.7. The van der Waals surface area contributed by atoms with Gasteiger partial charge in [-0.05, 0) is 49.8 Å². The molecule has 1 amide bonds. The van der Waals surface area contributed by atoms with E-state index in [1.165, 1.54) is 6.42 Å². The molecule has 0 heterocycles. The monoisotopic (exact) mass is 338 g/mol. The summed E-state index contributed by atoms with van der Waals surface area (Å²) in [5.41, 5.74) is 3.65. The third kappa shape index (κ3) is 4.96. The van der Waals surface area contributed by atoms with Gasteiger partial charge in [0.2, 0.25) is 0 Å². The lowest BCUT2D eigenvalue weighted by atomic mass is 9.89. The smallest absolute Gasteiger partial charge is 0.277 e. The van der Waals surface area contributed by atoms with Gasteiger partial charge in [0.1, 0.15) is 5.75 Å². The van der Waals surface area contributed by atoms with Crippen LogP contribution in [0.2, 0.25) is 0 Å². The maximum absolute atomic E-state index is 11.7. The lowest BCUT2D eigenvalue weighted by molar-refractivity contribution is -0.123. The summed E-state index contributed by atoms with van der Waals surface area (Å²) in [7, 11) is 0. The van der Waals surface area contributed by atoms with Crippen LogP contribution in [0.5, 0.6) is 5.75 Å². The number of rotatable bonds is 4. The van der Waals surface area contributed by atoms with Gasteiger partial charge in [-0.3, -0.25) is 4.79 Å². The van der Waals surface area contributed by atoms with E-state index in [1.807, 2.05) is 24.3 Å². The molecule has 0 unspecified atom stereocenters. The van der Waals surface area contributed by atoms with E-state index in [2.05, 4.69) is 33.4 Å². The Morgan fingerprint density at radius 3 is 3.15 bits per heavy atom. The molecule has 1 N–H and O–H groups in total. The molecule has 0 spiro atoms. The van der Waals surface area contributed by atoms with E-state index in [9.17, 15) is 4.79 Å². The lowest BCUT2D eigenvalue weighted by Crippen LogP contribution is -2.27. The van der Waals surface area contributed by atoms with E-state index >= 15 is 0 Å². The molecule has 1 aromatic rings. The molecular formula is C15H19BrN2O2. The highest BCUT2D eigenvalue weighted by Crippen LogP contribution is 2.21. The summed E-state index contributed by atoms with van der Waals surface area (Å²) in [6.07, 6.45) is 4.37.